The second-order valence-corrected chi connectivity index (χ2v) is 2.90. The number of benzene rings is 1. The summed E-state index contributed by atoms with van der Waals surface area (Å²) in [5.74, 6) is -1.62. The zero-order valence-electron chi connectivity index (χ0n) is 6.57. The van der Waals surface area contributed by atoms with Gasteiger partial charge in [0.15, 0.2) is 0 Å². The summed E-state index contributed by atoms with van der Waals surface area (Å²) in [7, 11) is 0. The van der Waals surface area contributed by atoms with E-state index in [4.69, 9.17) is 22.7 Å². The second-order valence-electron chi connectivity index (χ2n) is 2.52. The van der Waals surface area contributed by atoms with Crippen molar-refractivity contribution in [1.29, 1.82) is 5.41 Å². The predicted molar refractivity (Wildman–Crippen MR) is 47.0 cm³/mol. The smallest absolute Gasteiger partial charge is 0.142 e. The highest BCUT2D eigenvalue weighted by molar-refractivity contribution is 6.31. The standard InChI is InChI=1S/C8H7ClF2N2/c9-8-4(3-7(12)13)5(10)1-2-6(8)11/h1-2H,3H2,(H3,12,13). The van der Waals surface area contributed by atoms with Crippen molar-refractivity contribution >= 4 is 17.4 Å². The number of nitrogens with two attached hydrogens (primary N) is 1. The van der Waals surface area contributed by atoms with E-state index in [0.717, 1.165) is 12.1 Å². The molecular weight excluding hydrogens is 198 g/mol. The predicted octanol–water partition coefficient (Wildman–Crippen LogP) is 2.10. The molecule has 2 nitrogen and oxygen atoms in total. The fraction of sp³-hybridized carbons (Fsp3) is 0.125. The van der Waals surface area contributed by atoms with Gasteiger partial charge >= 0.3 is 0 Å². The van der Waals surface area contributed by atoms with Crippen LogP contribution in [-0.4, -0.2) is 5.84 Å². The topological polar surface area (TPSA) is 49.9 Å². The SMILES string of the molecule is N=C(N)Cc1c(F)ccc(F)c1Cl. The summed E-state index contributed by atoms with van der Waals surface area (Å²) in [6, 6.07) is 1.89. The molecule has 0 aliphatic heterocycles. The van der Waals surface area contributed by atoms with Crippen LogP contribution in [0.1, 0.15) is 5.56 Å². The van der Waals surface area contributed by atoms with Crippen LogP contribution in [0.3, 0.4) is 0 Å². The summed E-state index contributed by atoms with van der Waals surface area (Å²) in [4.78, 5) is 0. The molecule has 1 rings (SSSR count). The van der Waals surface area contributed by atoms with E-state index in [2.05, 4.69) is 0 Å². The van der Waals surface area contributed by atoms with Crippen LogP contribution in [0, 0.1) is 17.0 Å². The van der Waals surface area contributed by atoms with Gasteiger partial charge in [-0.25, -0.2) is 8.78 Å². The number of rotatable bonds is 2. The van der Waals surface area contributed by atoms with Crippen LogP contribution in [0.2, 0.25) is 5.02 Å². The van der Waals surface area contributed by atoms with Crippen LogP contribution in [-0.2, 0) is 6.42 Å². The van der Waals surface area contributed by atoms with Crippen molar-refractivity contribution in [3.05, 3.63) is 34.4 Å². The zero-order valence-corrected chi connectivity index (χ0v) is 7.33. The Morgan fingerprint density at radius 2 is 1.92 bits per heavy atom. The van der Waals surface area contributed by atoms with Gasteiger partial charge in [-0.05, 0) is 12.1 Å². The highest BCUT2D eigenvalue weighted by atomic mass is 35.5. The number of hydrogen-bond acceptors (Lipinski definition) is 1. The largest absolute Gasteiger partial charge is 0.387 e. The van der Waals surface area contributed by atoms with Crippen LogP contribution in [0.5, 0.6) is 0 Å². The summed E-state index contributed by atoms with van der Waals surface area (Å²) < 4.78 is 25.8. The summed E-state index contributed by atoms with van der Waals surface area (Å²) in [5.41, 5.74) is 4.97. The molecule has 0 spiro atoms. The summed E-state index contributed by atoms with van der Waals surface area (Å²) in [5, 5.41) is 6.62. The maximum absolute atomic E-state index is 13.0. The van der Waals surface area contributed by atoms with Crippen LogP contribution in [0.15, 0.2) is 12.1 Å². The minimum atomic E-state index is -0.709. The number of amidine groups is 1. The normalized spacial score (nSPS) is 10.1. The van der Waals surface area contributed by atoms with E-state index < -0.39 is 11.6 Å². The minimum absolute atomic E-state index is 0.0748. The van der Waals surface area contributed by atoms with Gasteiger partial charge in [-0.3, -0.25) is 5.41 Å². The molecule has 70 valence electrons. The summed E-state index contributed by atoms with van der Waals surface area (Å²) in [6.07, 6.45) is -0.178. The van der Waals surface area contributed by atoms with E-state index in [-0.39, 0.29) is 22.8 Å². The molecule has 0 aromatic heterocycles. The van der Waals surface area contributed by atoms with Gasteiger partial charge < -0.3 is 5.73 Å². The van der Waals surface area contributed by atoms with E-state index in [1.165, 1.54) is 0 Å². The van der Waals surface area contributed by atoms with Gasteiger partial charge in [0.25, 0.3) is 0 Å². The quantitative estimate of drug-likeness (QED) is 0.433. The van der Waals surface area contributed by atoms with Gasteiger partial charge in [0.1, 0.15) is 11.6 Å². The van der Waals surface area contributed by atoms with Gasteiger partial charge in [-0.15, -0.1) is 0 Å². The Bertz CT molecular complexity index is 352. The van der Waals surface area contributed by atoms with Crippen molar-refractivity contribution in [2.75, 3.05) is 0 Å². The molecular formula is C8H7ClF2N2. The van der Waals surface area contributed by atoms with Crippen molar-refractivity contribution in [3.63, 3.8) is 0 Å². The molecule has 0 aliphatic rings. The maximum Gasteiger partial charge on any atom is 0.142 e. The molecule has 5 heteroatoms. The summed E-state index contributed by atoms with van der Waals surface area (Å²) in [6.45, 7) is 0. The van der Waals surface area contributed by atoms with Crippen molar-refractivity contribution < 1.29 is 8.78 Å². The van der Waals surface area contributed by atoms with Crippen LogP contribution in [0.4, 0.5) is 8.78 Å². The molecule has 0 fully saturated rings. The molecule has 0 saturated heterocycles. The van der Waals surface area contributed by atoms with Crippen molar-refractivity contribution in [2.24, 2.45) is 5.73 Å². The monoisotopic (exact) mass is 204 g/mol. The molecule has 0 heterocycles. The average molecular weight is 205 g/mol. The second kappa shape index (κ2) is 3.70. The fourth-order valence-electron chi connectivity index (χ4n) is 0.922. The molecule has 0 atom stereocenters. The Kier molecular flexibility index (Phi) is 2.83. The molecule has 0 saturated carbocycles. The third-order valence-electron chi connectivity index (χ3n) is 1.51. The Hall–Kier alpha value is -1.16. The maximum atomic E-state index is 13.0. The van der Waals surface area contributed by atoms with E-state index >= 15 is 0 Å². The highest BCUT2D eigenvalue weighted by Crippen LogP contribution is 2.22. The first-order valence-corrected chi connectivity index (χ1v) is 3.85. The van der Waals surface area contributed by atoms with E-state index in [1.807, 2.05) is 0 Å². The molecule has 1 aromatic carbocycles. The first-order valence-electron chi connectivity index (χ1n) is 3.47. The molecule has 0 unspecified atom stereocenters. The highest BCUT2D eigenvalue weighted by Gasteiger charge is 2.12. The first kappa shape index (κ1) is 9.92. The summed E-state index contributed by atoms with van der Waals surface area (Å²) >= 11 is 5.48. The molecule has 13 heavy (non-hydrogen) atoms. The van der Waals surface area contributed by atoms with Gasteiger partial charge in [0.2, 0.25) is 0 Å². The van der Waals surface area contributed by atoms with Gasteiger partial charge in [-0.2, -0.15) is 0 Å². The van der Waals surface area contributed by atoms with Crippen molar-refractivity contribution in [3.8, 4) is 0 Å². The zero-order chi connectivity index (χ0) is 10.0. The van der Waals surface area contributed by atoms with Crippen molar-refractivity contribution in [2.45, 2.75) is 6.42 Å². The first-order chi connectivity index (χ1) is 6.02. The van der Waals surface area contributed by atoms with Crippen molar-refractivity contribution in [1.82, 2.24) is 0 Å². The Labute approximate surface area is 78.8 Å². The molecule has 0 bridgehead atoms. The molecule has 3 N–H and O–H groups in total. The average Bonchev–Trinajstić information content (AvgIpc) is 2.05. The van der Waals surface area contributed by atoms with Gasteiger partial charge in [0, 0.05) is 12.0 Å². The van der Waals surface area contributed by atoms with Gasteiger partial charge in [0.05, 0.1) is 10.9 Å². The Balaban J connectivity index is 3.17. The number of halogens is 3. The minimum Gasteiger partial charge on any atom is -0.387 e. The van der Waals surface area contributed by atoms with Gasteiger partial charge in [-0.1, -0.05) is 11.6 Å². The Morgan fingerprint density at radius 3 is 2.46 bits per heavy atom. The lowest BCUT2D eigenvalue weighted by atomic mass is 10.1. The third-order valence-corrected chi connectivity index (χ3v) is 1.91. The van der Waals surface area contributed by atoms with Crippen LogP contribution < -0.4 is 5.73 Å². The van der Waals surface area contributed by atoms with Crippen LogP contribution >= 0.6 is 11.6 Å². The molecule has 0 radical (unpaired) electrons. The van der Waals surface area contributed by atoms with E-state index in [1.54, 1.807) is 0 Å². The lowest BCUT2D eigenvalue weighted by Gasteiger charge is -2.04. The Morgan fingerprint density at radius 1 is 1.38 bits per heavy atom. The molecule has 0 amide bonds. The molecule has 0 aliphatic carbocycles. The number of hydrogen-bond donors (Lipinski definition) is 2. The lowest BCUT2D eigenvalue weighted by molar-refractivity contribution is 0.590. The number of nitrogens with one attached hydrogen (secondary N) is 1. The third kappa shape index (κ3) is 2.15. The van der Waals surface area contributed by atoms with E-state index in [0.29, 0.717) is 0 Å². The van der Waals surface area contributed by atoms with E-state index in [9.17, 15) is 8.78 Å². The lowest BCUT2D eigenvalue weighted by Crippen LogP contribution is -2.14. The fourth-order valence-corrected chi connectivity index (χ4v) is 1.14. The van der Waals surface area contributed by atoms with Crippen LogP contribution in [0.25, 0.3) is 0 Å². The molecule has 1 aromatic rings.